The lowest BCUT2D eigenvalue weighted by Gasteiger charge is -2.39. The molecule has 27 heavy (non-hydrogen) atoms. The normalized spacial score (nSPS) is 22.7. The first kappa shape index (κ1) is 19.3. The van der Waals surface area contributed by atoms with Crippen LogP contribution in [0, 0.1) is 12.3 Å². The number of piperidine rings is 1. The van der Waals surface area contributed by atoms with Crippen LogP contribution in [0.4, 0.5) is 0 Å². The maximum Gasteiger partial charge on any atom is 0.328 e. The minimum absolute atomic E-state index is 0.0955. The number of carbonyl (C=O) groups is 2. The molecule has 1 aromatic rings. The molecule has 2 aliphatic heterocycles. The lowest BCUT2D eigenvalue weighted by molar-refractivity contribution is -0.146. The Morgan fingerprint density at radius 1 is 1.26 bits per heavy atom. The van der Waals surface area contributed by atoms with Gasteiger partial charge in [-0.25, -0.2) is 4.79 Å². The van der Waals surface area contributed by atoms with Crippen molar-refractivity contribution in [2.45, 2.75) is 32.7 Å². The number of rotatable bonds is 5. The van der Waals surface area contributed by atoms with Gasteiger partial charge in [0.2, 0.25) is 11.8 Å². The van der Waals surface area contributed by atoms with Crippen molar-refractivity contribution >= 4 is 11.8 Å². The summed E-state index contributed by atoms with van der Waals surface area (Å²) in [6.45, 7) is 4.11. The van der Waals surface area contributed by atoms with E-state index in [9.17, 15) is 19.2 Å². The molecule has 2 fully saturated rings. The van der Waals surface area contributed by atoms with Gasteiger partial charge in [-0.1, -0.05) is 0 Å². The number of aromatic nitrogens is 2. The van der Waals surface area contributed by atoms with Gasteiger partial charge in [0.15, 0.2) is 0 Å². The van der Waals surface area contributed by atoms with E-state index in [-0.39, 0.29) is 18.4 Å². The molecule has 2 saturated heterocycles. The second-order valence-electron chi connectivity index (χ2n) is 7.43. The second-order valence-corrected chi connectivity index (χ2v) is 7.43. The molecule has 1 spiro atoms. The second kappa shape index (κ2) is 7.67. The zero-order chi connectivity index (χ0) is 19.6. The zero-order valence-corrected chi connectivity index (χ0v) is 15.8. The number of H-pyrrole nitrogens is 1. The number of amides is 2. The molecule has 1 N–H and O–H groups in total. The Labute approximate surface area is 156 Å². The van der Waals surface area contributed by atoms with Gasteiger partial charge in [-0.2, -0.15) is 0 Å². The first-order chi connectivity index (χ1) is 12.9. The fraction of sp³-hybridized carbons (Fsp3) is 0.667. The first-order valence-electron chi connectivity index (χ1n) is 9.23. The van der Waals surface area contributed by atoms with Crippen LogP contribution in [-0.2, 0) is 20.9 Å². The predicted molar refractivity (Wildman–Crippen MR) is 97.4 cm³/mol. The summed E-state index contributed by atoms with van der Waals surface area (Å²) in [7, 11) is 1.61. The molecular weight excluding hydrogens is 352 g/mol. The van der Waals surface area contributed by atoms with Crippen LogP contribution < -0.4 is 11.2 Å². The van der Waals surface area contributed by atoms with Crippen molar-refractivity contribution in [1.29, 1.82) is 0 Å². The summed E-state index contributed by atoms with van der Waals surface area (Å²) >= 11 is 0. The number of aryl methyl sites for hydroxylation is 1. The molecule has 0 aliphatic carbocycles. The summed E-state index contributed by atoms with van der Waals surface area (Å²) < 4.78 is 6.29. The first-order valence-corrected chi connectivity index (χ1v) is 9.23. The molecule has 1 aromatic heterocycles. The van der Waals surface area contributed by atoms with E-state index in [1.54, 1.807) is 18.9 Å². The smallest absolute Gasteiger partial charge is 0.328 e. The number of hydrogen-bond acceptors (Lipinski definition) is 5. The molecule has 1 atom stereocenters. The molecule has 0 aromatic carbocycles. The number of ether oxygens (including phenoxy) is 1. The van der Waals surface area contributed by atoms with Crippen LogP contribution in [-0.4, -0.2) is 71.1 Å². The number of hydrogen-bond donors (Lipinski definition) is 1. The molecule has 0 saturated carbocycles. The van der Waals surface area contributed by atoms with Crippen molar-refractivity contribution in [1.82, 2.24) is 19.4 Å². The number of nitrogens with zero attached hydrogens (tertiary/aromatic N) is 3. The Kier molecular flexibility index (Phi) is 5.50. The maximum atomic E-state index is 13.0. The molecule has 9 heteroatoms. The van der Waals surface area contributed by atoms with Gasteiger partial charge in [-0.3, -0.25) is 23.9 Å². The number of carbonyl (C=O) groups excluding carboxylic acids is 2. The van der Waals surface area contributed by atoms with Gasteiger partial charge in [0.1, 0.15) is 6.54 Å². The average Bonchev–Trinajstić information content (AvgIpc) is 3.06. The molecule has 0 unspecified atom stereocenters. The third-order valence-corrected chi connectivity index (χ3v) is 5.59. The highest BCUT2D eigenvalue weighted by atomic mass is 16.5. The fourth-order valence-corrected chi connectivity index (χ4v) is 4.01. The predicted octanol–water partition coefficient (Wildman–Crippen LogP) is -0.667. The molecule has 2 amide bonds. The monoisotopic (exact) mass is 378 g/mol. The lowest BCUT2D eigenvalue weighted by atomic mass is 9.78. The van der Waals surface area contributed by atoms with Crippen LogP contribution in [0.3, 0.4) is 0 Å². The zero-order valence-electron chi connectivity index (χ0n) is 15.8. The lowest BCUT2D eigenvalue weighted by Crippen LogP contribution is -2.51. The van der Waals surface area contributed by atoms with E-state index in [0.29, 0.717) is 38.2 Å². The van der Waals surface area contributed by atoms with Gasteiger partial charge in [0.25, 0.3) is 5.56 Å². The minimum atomic E-state index is -0.604. The molecular formula is C18H26N4O5. The number of likely N-dealkylation sites (tertiary alicyclic amines) is 2. The quantitative estimate of drug-likeness (QED) is 0.732. The average molecular weight is 378 g/mol. The van der Waals surface area contributed by atoms with E-state index in [0.717, 1.165) is 19.4 Å². The summed E-state index contributed by atoms with van der Waals surface area (Å²) in [5, 5.41) is 0. The van der Waals surface area contributed by atoms with Gasteiger partial charge < -0.3 is 14.5 Å². The Morgan fingerprint density at radius 2 is 2.04 bits per heavy atom. The van der Waals surface area contributed by atoms with E-state index in [4.69, 9.17) is 4.74 Å². The van der Waals surface area contributed by atoms with Crippen LogP contribution >= 0.6 is 0 Å². The van der Waals surface area contributed by atoms with Gasteiger partial charge in [-0.15, -0.1) is 0 Å². The van der Waals surface area contributed by atoms with Gasteiger partial charge in [0.05, 0.1) is 12.0 Å². The van der Waals surface area contributed by atoms with E-state index < -0.39 is 16.7 Å². The van der Waals surface area contributed by atoms with Crippen molar-refractivity contribution in [2.24, 2.45) is 5.41 Å². The standard InChI is InChI=1S/C18H26N4O5/c1-13-10-22(17(26)19-15(13)24)11-14(23)21-7-5-18(12-21)4-3-6-20(16(18)25)8-9-27-2/h10H,3-9,11-12H2,1-2H3,(H,19,24,26)/t18-/m1/s1. The van der Waals surface area contributed by atoms with Crippen LogP contribution in [0.25, 0.3) is 0 Å². The van der Waals surface area contributed by atoms with Crippen LogP contribution in [0.1, 0.15) is 24.8 Å². The summed E-state index contributed by atoms with van der Waals surface area (Å²) in [4.78, 5) is 54.7. The van der Waals surface area contributed by atoms with E-state index in [2.05, 4.69) is 4.98 Å². The molecule has 148 valence electrons. The van der Waals surface area contributed by atoms with E-state index in [1.165, 1.54) is 10.8 Å². The van der Waals surface area contributed by atoms with Gasteiger partial charge in [-0.05, 0) is 26.2 Å². The van der Waals surface area contributed by atoms with Crippen molar-refractivity contribution < 1.29 is 14.3 Å². The third-order valence-electron chi connectivity index (χ3n) is 5.59. The molecule has 9 nitrogen and oxygen atoms in total. The molecule has 3 rings (SSSR count). The van der Waals surface area contributed by atoms with Crippen molar-refractivity contribution in [3.8, 4) is 0 Å². The number of nitrogens with one attached hydrogen (secondary N) is 1. The van der Waals surface area contributed by atoms with Crippen LogP contribution in [0.2, 0.25) is 0 Å². The maximum absolute atomic E-state index is 13.0. The van der Waals surface area contributed by atoms with Crippen LogP contribution in [0.5, 0.6) is 0 Å². The molecule has 0 radical (unpaired) electrons. The van der Waals surface area contributed by atoms with Crippen molar-refractivity contribution in [2.75, 3.05) is 39.9 Å². The Bertz CT molecular complexity index is 845. The van der Waals surface area contributed by atoms with Crippen LogP contribution in [0.15, 0.2) is 15.8 Å². The van der Waals surface area contributed by atoms with Crippen molar-refractivity contribution in [3.63, 3.8) is 0 Å². The summed E-state index contributed by atoms with van der Waals surface area (Å²) in [6.07, 6.45) is 3.72. The SMILES string of the molecule is COCCN1CCC[C@]2(CCN(C(=O)Cn3cc(C)c(=O)[nH]c3=O)C2)C1=O. The van der Waals surface area contributed by atoms with Crippen molar-refractivity contribution in [3.05, 3.63) is 32.6 Å². The Hall–Kier alpha value is -2.42. The number of aromatic amines is 1. The highest BCUT2D eigenvalue weighted by Gasteiger charge is 2.49. The van der Waals surface area contributed by atoms with E-state index >= 15 is 0 Å². The van der Waals surface area contributed by atoms with E-state index in [1.807, 2.05) is 4.90 Å². The molecule has 3 heterocycles. The molecule has 2 aliphatic rings. The minimum Gasteiger partial charge on any atom is -0.383 e. The van der Waals surface area contributed by atoms with Gasteiger partial charge >= 0.3 is 5.69 Å². The highest BCUT2D eigenvalue weighted by molar-refractivity contribution is 5.86. The Morgan fingerprint density at radius 3 is 2.78 bits per heavy atom. The topological polar surface area (TPSA) is 105 Å². The number of methoxy groups -OCH3 is 1. The highest BCUT2D eigenvalue weighted by Crippen LogP contribution is 2.40. The summed E-state index contributed by atoms with van der Waals surface area (Å²) in [6, 6.07) is 0. The van der Waals surface area contributed by atoms with Gasteiger partial charge in [0, 0.05) is 45.0 Å². The third kappa shape index (κ3) is 3.83. The summed E-state index contributed by atoms with van der Waals surface area (Å²) in [5.74, 6) is -0.125. The fourth-order valence-electron chi connectivity index (χ4n) is 4.01. The summed E-state index contributed by atoms with van der Waals surface area (Å²) in [5.41, 5.74) is -1.20. The Balaban J connectivity index is 1.69. The molecule has 0 bridgehead atoms. The largest absolute Gasteiger partial charge is 0.383 e.